The molecule has 5 nitrogen and oxygen atoms in total. The molecule has 0 unspecified atom stereocenters. The lowest BCUT2D eigenvalue weighted by atomic mass is 9.98. The summed E-state index contributed by atoms with van der Waals surface area (Å²) in [5.74, 6) is 6.21. The highest BCUT2D eigenvalue weighted by atomic mass is 16.5. The van der Waals surface area contributed by atoms with E-state index in [1.54, 1.807) is 10.9 Å². The summed E-state index contributed by atoms with van der Waals surface area (Å²) in [6.45, 7) is 0.737. The summed E-state index contributed by atoms with van der Waals surface area (Å²) < 4.78 is 7.34. The molecule has 0 saturated heterocycles. The number of alkyl carbamates (subject to hydrolysis) is 1. The zero-order valence-electron chi connectivity index (χ0n) is 18.1. The molecule has 1 N–H and O–H groups in total. The lowest BCUT2D eigenvalue weighted by Crippen LogP contribution is -2.26. The van der Waals surface area contributed by atoms with Crippen molar-refractivity contribution in [3.05, 3.63) is 108 Å². The third-order valence-electron chi connectivity index (χ3n) is 5.70. The predicted octanol–water partition coefficient (Wildman–Crippen LogP) is 5.15. The molecular weight excluding hydrogens is 410 g/mol. The Labute approximate surface area is 193 Å². The van der Waals surface area contributed by atoms with Crippen molar-refractivity contribution in [2.45, 2.75) is 12.3 Å². The van der Waals surface area contributed by atoms with E-state index >= 15 is 0 Å². The summed E-state index contributed by atoms with van der Waals surface area (Å²) in [5, 5.41) is 7.12. The minimum absolute atomic E-state index is 0.0593. The van der Waals surface area contributed by atoms with Crippen molar-refractivity contribution < 1.29 is 9.53 Å². The summed E-state index contributed by atoms with van der Waals surface area (Å²) in [5.41, 5.74) is 6.66. The van der Waals surface area contributed by atoms with E-state index in [1.807, 2.05) is 60.8 Å². The van der Waals surface area contributed by atoms with Crippen LogP contribution in [0.1, 0.15) is 29.0 Å². The molecule has 0 fully saturated rings. The van der Waals surface area contributed by atoms with Gasteiger partial charge >= 0.3 is 6.09 Å². The van der Waals surface area contributed by atoms with Crippen LogP contribution in [0, 0.1) is 11.8 Å². The Kier molecular flexibility index (Phi) is 5.90. The first-order valence-electron chi connectivity index (χ1n) is 11.0. The van der Waals surface area contributed by atoms with E-state index in [1.165, 1.54) is 22.3 Å². The first-order valence-corrected chi connectivity index (χ1v) is 11.0. The molecule has 5 rings (SSSR count). The maximum absolute atomic E-state index is 12.2. The van der Waals surface area contributed by atoms with E-state index in [0.29, 0.717) is 19.6 Å². The molecule has 1 aliphatic carbocycles. The number of benzene rings is 3. The SMILES string of the molecule is O=C(NCCC#Cc1cnn(-c2ccccc2)c1)OCC1c2ccccc2-c2ccccc21. The number of hydrogen-bond donors (Lipinski definition) is 1. The molecule has 162 valence electrons. The van der Waals surface area contributed by atoms with Crippen molar-refractivity contribution in [1.29, 1.82) is 0 Å². The Morgan fingerprint density at radius 3 is 2.33 bits per heavy atom. The van der Waals surface area contributed by atoms with Crippen LogP contribution in [-0.2, 0) is 4.74 Å². The third kappa shape index (κ3) is 4.51. The fourth-order valence-corrected chi connectivity index (χ4v) is 4.15. The summed E-state index contributed by atoms with van der Waals surface area (Å²) in [4.78, 5) is 12.2. The zero-order valence-corrected chi connectivity index (χ0v) is 18.1. The van der Waals surface area contributed by atoms with Crippen LogP contribution in [0.25, 0.3) is 16.8 Å². The lowest BCUT2D eigenvalue weighted by molar-refractivity contribution is 0.143. The molecule has 1 amide bonds. The van der Waals surface area contributed by atoms with Crippen LogP contribution in [-0.4, -0.2) is 29.0 Å². The molecule has 33 heavy (non-hydrogen) atoms. The summed E-state index contributed by atoms with van der Waals surface area (Å²) in [6.07, 6.45) is 3.73. The first-order chi connectivity index (χ1) is 16.3. The van der Waals surface area contributed by atoms with Gasteiger partial charge in [-0.25, -0.2) is 9.48 Å². The number of nitrogens with one attached hydrogen (secondary N) is 1. The smallest absolute Gasteiger partial charge is 0.407 e. The van der Waals surface area contributed by atoms with Gasteiger partial charge in [-0.2, -0.15) is 5.10 Å². The molecule has 3 aromatic carbocycles. The molecule has 5 heteroatoms. The number of aromatic nitrogens is 2. The molecule has 0 atom stereocenters. The van der Waals surface area contributed by atoms with Gasteiger partial charge in [0.25, 0.3) is 0 Å². The van der Waals surface area contributed by atoms with Crippen molar-refractivity contribution >= 4 is 6.09 Å². The maximum atomic E-state index is 12.2. The van der Waals surface area contributed by atoms with Crippen LogP contribution >= 0.6 is 0 Å². The largest absolute Gasteiger partial charge is 0.449 e. The van der Waals surface area contributed by atoms with Gasteiger partial charge in [-0.05, 0) is 34.4 Å². The zero-order chi connectivity index (χ0) is 22.5. The van der Waals surface area contributed by atoms with E-state index in [-0.39, 0.29) is 5.92 Å². The number of carbonyl (C=O) groups excluding carboxylic acids is 1. The van der Waals surface area contributed by atoms with Gasteiger partial charge in [0.2, 0.25) is 0 Å². The molecular formula is C28H23N3O2. The van der Waals surface area contributed by atoms with Crippen LogP contribution in [0.4, 0.5) is 4.79 Å². The van der Waals surface area contributed by atoms with Crippen molar-refractivity contribution in [3.8, 4) is 28.7 Å². The van der Waals surface area contributed by atoms with Gasteiger partial charge in [0, 0.05) is 25.1 Å². The van der Waals surface area contributed by atoms with Crippen molar-refractivity contribution in [1.82, 2.24) is 15.1 Å². The van der Waals surface area contributed by atoms with Crippen molar-refractivity contribution in [2.24, 2.45) is 0 Å². The molecule has 0 bridgehead atoms. The van der Waals surface area contributed by atoms with Crippen LogP contribution in [0.3, 0.4) is 0 Å². The Hall–Kier alpha value is -4.30. The summed E-state index contributed by atoms with van der Waals surface area (Å²) in [6, 6.07) is 26.5. The normalized spacial score (nSPS) is 11.8. The Morgan fingerprint density at radius 1 is 0.939 bits per heavy atom. The van der Waals surface area contributed by atoms with Crippen LogP contribution < -0.4 is 5.32 Å². The van der Waals surface area contributed by atoms with Crippen LogP contribution in [0.5, 0.6) is 0 Å². The standard InChI is InChI=1S/C28H23N3O2/c32-28(29-17-9-8-10-21-18-30-31(19-21)22-11-2-1-3-12-22)33-20-27-25-15-6-4-13-23(25)24-14-5-7-16-26(24)27/h1-7,11-16,18-19,27H,9,17,20H2,(H,29,32). The number of para-hydroxylation sites is 1. The average molecular weight is 434 g/mol. The highest BCUT2D eigenvalue weighted by Crippen LogP contribution is 2.44. The second-order valence-electron chi connectivity index (χ2n) is 7.81. The Bertz CT molecular complexity index is 1290. The van der Waals surface area contributed by atoms with Crippen molar-refractivity contribution in [3.63, 3.8) is 0 Å². The molecule has 0 saturated carbocycles. The van der Waals surface area contributed by atoms with Gasteiger partial charge in [0.05, 0.1) is 17.4 Å². The number of fused-ring (bicyclic) bond motifs is 3. The molecule has 1 heterocycles. The van der Waals surface area contributed by atoms with Gasteiger partial charge in [-0.1, -0.05) is 78.6 Å². The van der Waals surface area contributed by atoms with Gasteiger partial charge in [0.1, 0.15) is 6.61 Å². The fraction of sp³-hybridized carbons (Fsp3) is 0.143. The number of carbonyl (C=O) groups is 1. The van der Waals surface area contributed by atoms with Gasteiger partial charge < -0.3 is 10.1 Å². The fourth-order valence-electron chi connectivity index (χ4n) is 4.15. The van der Waals surface area contributed by atoms with E-state index in [0.717, 1.165) is 11.3 Å². The first kappa shape index (κ1) is 20.6. The lowest BCUT2D eigenvalue weighted by Gasteiger charge is -2.14. The molecule has 1 aliphatic rings. The summed E-state index contributed by atoms with van der Waals surface area (Å²) >= 11 is 0. The minimum atomic E-state index is -0.421. The maximum Gasteiger partial charge on any atom is 0.407 e. The quantitative estimate of drug-likeness (QED) is 0.350. The van der Waals surface area contributed by atoms with Crippen LogP contribution in [0.15, 0.2) is 91.3 Å². The van der Waals surface area contributed by atoms with E-state index in [9.17, 15) is 4.79 Å². The molecule has 0 aliphatic heterocycles. The van der Waals surface area contributed by atoms with Gasteiger partial charge in [-0.3, -0.25) is 0 Å². The minimum Gasteiger partial charge on any atom is -0.449 e. The molecule has 4 aromatic rings. The third-order valence-corrected chi connectivity index (χ3v) is 5.70. The number of hydrogen-bond acceptors (Lipinski definition) is 3. The molecule has 1 aromatic heterocycles. The second kappa shape index (κ2) is 9.46. The van der Waals surface area contributed by atoms with E-state index in [2.05, 4.69) is 46.5 Å². The average Bonchev–Trinajstić information content (AvgIpc) is 3.46. The predicted molar refractivity (Wildman–Crippen MR) is 128 cm³/mol. The van der Waals surface area contributed by atoms with E-state index < -0.39 is 6.09 Å². The van der Waals surface area contributed by atoms with Crippen molar-refractivity contribution in [2.75, 3.05) is 13.2 Å². The number of rotatable bonds is 5. The highest BCUT2D eigenvalue weighted by molar-refractivity contribution is 5.79. The van der Waals surface area contributed by atoms with Gasteiger partial charge in [0.15, 0.2) is 0 Å². The number of amides is 1. The monoisotopic (exact) mass is 433 g/mol. The summed E-state index contributed by atoms with van der Waals surface area (Å²) in [7, 11) is 0. The highest BCUT2D eigenvalue weighted by Gasteiger charge is 2.28. The molecule has 0 radical (unpaired) electrons. The van der Waals surface area contributed by atoms with Gasteiger partial charge in [-0.15, -0.1) is 0 Å². The number of ether oxygens (including phenoxy) is 1. The Morgan fingerprint density at radius 2 is 1.61 bits per heavy atom. The topological polar surface area (TPSA) is 56.2 Å². The number of nitrogens with zero attached hydrogens (tertiary/aromatic N) is 2. The molecule has 0 spiro atoms. The Balaban J connectivity index is 1.11. The second-order valence-corrected chi connectivity index (χ2v) is 7.81. The van der Waals surface area contributed by atoms with E-state index in [4.69, 9.17) is 4.74 Å². The van der Waals surface area contributed by atoms with Crippen LogP contribution in [0.2, 0.25) is 0 Å².